The van der Waals surface area contributed by atoms with Crippen LogP contribution in [0.1, 0.15) is 5.56 Å². The number of sulfonamides is 1. The number of aromatic nitrogens is 2. The molecule has 0 aliphatic carbocycles. The first-order valence-corrected chi connectivity index (χ1v) is 11.7. The van der Waals surface area contributed by atoms with E-state index in [0.717, 1.165) is 5.56 Å². The summed E-state index contributed by atoms with van der Waals surface area (Å²) >= 11 is 0. The van der Waals surface area contributed by atoms with E-state index in [1.807, 2.05) is 6.07 Å². The first kappa shape index (κ1) is 20.8. The van der Waals surface area contributed by atoms with E-state index in [9.17, 15) is 13.2 Å². The Balaban J connectivity index is 1.33. The fourth-order valence-corrected chi connectivity index (χ4v) is 4.62. The number of hydrogen-bond donors (Lipinski definition) is 3. The van der Waals surface area contributed by atoms with E-state index in [1.54, 1.807) is 48.5 Å². The molecule has 0 radical (unpaired) electrons. The number of fused-ring (bicyclic) bond motifs is 2. The molecule has 5 rings (SSSR count). The summed E-state index contributed by atoms with van der Waals surface area (Å²) in [7, 11) is -3.74. The molecule has 3 aromatic carbocycles. The molecule has 0 fully saturated rings. The molecule has 1 amide bonds. The Bertz CT molecular complexity index is 1430. The van der Waals surface area contributed by atoms with Gasteiger partial charge < -0.3 is 14.8 Å². The largest absolute Gasteiger partial charge is 0.486 e. The summed E-state index contributed by atoms with van der Waals surface area (Å²) in [5, 5.41) is 10.4. The van der Waals surface area contributed by atoms with Gasteiger partial charge in [-0.25, -0.2) is 8.42 Å². The summed E-state index contributed by atoms with van der Waals surface area (Å²) in [6, 6.07) is 18.4. The van der Waals surface area contributed by atoms with Crippen LogP contribution in [0.3, 0.4) is 0 Å². The van der Waals surface area contributed by atoms with Crippen molar-refractivity contribution < 1.29 is 22.7 Å². The number of nitrogens with zero attached hydrogens (tertiary/aromatic N) is 1. The van der Waals surface area contributed by atoms with Crippen LogP contribution in [-0.2, 0) is 21.2 Å². The molecule has 2 heterocycles. The number of anilines is 2. The van der Waals surface area contributed by atoms with Gasteiger partial charge in [0, 0.05) is 11.1 Å². The van der Waals surface area contributed by atoms with Crippen LogP contribution in [0.2, 0.25) is 0 Å². The predicted molar refractivity (Wildman–Crippen MR) is 123 cm³/mol. The third kappa shape index (κ3) is 4.46. The highest BCUT2D eigenvalue weighted by atomic mass is 32.2. The molecule has 10 heteroatoms. The first-order valence-electron chi connectivity index (χ1n) is 10.2. The van der Waals surface area contributed by atoms with Gasteiger partial charge in [-0.2, -0.15) is 5.10 Å². The van der Waals surface area contributed by atoms with Gasteiger partial charge in [0.1, 0.15) is 13.2 Å². The molecule has 0 bridgehead atoms. The molecule has 0 saturated heterocycles. The Morgan fingerprint density at radius 1 is 0.970 bits per heavy atom. The van der Waals surface area contributed by atoms with E-state index >= 15 is 0 Å². The standard InChI is InChI=1S/C23H20N4O5S/c28-22(13-15-6-9-20-21(12-15)32-11-10-31-20)24-23-18-14-16(7-8-19(18)25-26-23)27-33(29,30)17-4-2-1-3-5-17/h1-9,12,14,27H,10-11,13H2,(H2,24,25,26,28). The van der Waals surface area contributed by atoms with Gasteiger partial charge in [0.25, 0.3) is 10.0 Å². The lowest BCUT2D eigenvalue weighted by molar-refractivity contribution is -0.115. The minimum Gasteiger partial charge on any atom is -0.486 e. The van der Waals surface area contributed by atoms with Crippen molar-refractivity contribution in [1.29, 1.82) is 0 Å². The Kier molecular flexibility index (Phi) is 5.35. The van der Waals surface area contributed by atoms with Crippen LogP contribution in [0.25, 0.3) is 10.9 Å². The van der Waals surface area contributed by atoms with Gasteiger partial charge in [0.2, 0.25) is 5.91 Å². The lowest BCUT2D eigenvalue weighted by Crippen LogP contribution is -2.17. The monoisotopic (exact) mass is 464 g/mol. The van der Waals surface area contributed by atoms with E-state index in [0.29, 0.717) is 47.1 Å². The predicted octanol–water partition coefficient (Wildman–Crippen LogP) is 3.32. The van der Waals surface area contributed by atoms with Crippen LogP contribution >= 0.6 is 0 Å². The smallest absolute Gasteiger partial charge is 0.261 e. The van der Waals surface area contributed by atoms with Gasteiger partial charge in [-0.1, -0.05) is 24.3 Å². The molecule has 1 aliphatic heterocycles. The Labute approximate surface area is 189 Å². The third-order valence-electron chi connectivity index (χ3n) is 5.10. The lowest BCUT2D eigenvalue weighted by Gasteiger charge is -2.18. The topological polar surface area (TPSA) is 122 Å². The maximum atomic E-state index is 12.6. The SMILES string of the molecule is O=C(Cc1ccc2c(c1)OCCO2)Nc1n[nH]c2ccc(NS(=O)(=O)c3ccccc3)cc12. The highest BCUT2D eigenvalue weighted by molar-refractivity contribution is 7.92. The molecule has 33 heavy (non-hydrogen) atoms. The number of amides is 1. The highest BCUT2D eigenvalue weighted by Gasteiger charge is 2.17. The average Bonchev–Trinajstić information content (AvgIpc) is 3.21. The number of carbonyl (C=O) groups excluding carboxylic acids is 1. The van der Waals surface area contributed by atoms with Gasteiger partial charge in [0.05, 0.1) is 16.8 Å². The van der Waals surface area contributed by atoms with Gasteiger partial charge in [0.15, 0.2) is 17.3 Å². The number of ether oxygens (including phenoxy) is 2. The molecule has 0 atom stereocenters. The number of hydrogen-bond acceptors (Lipinski definition) is 6. The van der Waals surface area contributed by atoms with Crippen LogP contribution in [0.5, 0.6) is 11.5 Å². The molecule has 1 aromatic heterocycles. The van der Waals surface area contributed by atoms with Gasteiger partial charge in [-0.15, -0.1) is 0 Å². The Morgan fingerprint density at radius 2 is 1.76 bits per heavy atom. The normalized spacial score (nSPS) is 13.0. The van der Waals surface area contributed by atoms with Crippen LogP contribution in [-0.4, -0.2) is 37.7 Å². The first-order chi connectivity index (χ1) is 16.0. The van der Waals surface area contributed by atoms with Crippen LogP contribution in [0, 0.1) is 0 Å². The molecule has 4 aromatic rings. The van der Waals surface area contributed by atoms with Crippen LogP contribution < -0.4 is 19.5 Å². The molecule has 0 spiro atoms. The molecule has 3 N–H and O–H groups in total. The summed E-state index contributed by atoms with van der Waals surface area (Å²) in [6.45, 7) is 0.973. The second-order valence-corrected chi connectivity index (χ2v) is 9.14. The number of nitrogens with one attached hydrogen (secondary N) is 3. The van der Waals surface area contributed by atoms with Crippen molar-refractivity contribution >= 4 is 38.3 Å². The maximum absolute atomic E-state index is 12.6. The van der Waals surface area contributed by atoms with Crippen molar-refractivity contribution in [3.63, 3.8) is 0 Å². The molecule has 9 nitrogen and oxygen atoms in total. The Morgan fingerprint density at radius 3 is 2.58 bits per heavy atom. The number of H-pyrrole nitrogens is 1. The van der Waals surface area contributed by atoms with Crippen molar-refractivity contribution in [2.45, 2.75) is 11.3 Å². The Hall–Kier alpha value is -4.05. The fourth-order valence-electron chi connectivity index (χ4n) is 3.55. The van der Waals surface area contributed by atoms with Crippen molar-refractivity contribution in [2.75, 3.05) is 23.3 Å². The third-order valence-corrected chi connectivity index (χ3v) is 6.49. The van der Waals surface area contributed by atoms with Gasteiger partial charge >= 0.3 is 0 Å². The van der Waals surface area contributed by atoms with Crippen LogP contribution in [0.15, 0.2) is 71.6 Å². The summed E-state index contributed by atoms with van der Waals surface area (Å²) in [5.74, 6) is 1.32. The summed E-state index contributed by atoms with van der Waals surface area (Å²) in [6.07, 6.45) is 0.116. The van der Waals surface area contributed by atoms with Crippen molar-refractivity contribution in [1.82, 2.24) is 10.2 Å². The molecule has 168 valence electrons. The number of rotatable bonds is 6. The zero-order valence-corrected chi connectivity index (χ0v) is 18.2. The quantitative estimate of drug-likeness (QED) is 0.402. The van der Waals surface area contributed by atoms with Crippen molar-refractivity contribution in [3.05, 3.63) is 72.3 Å². The zero-order valence-electron chi connectivity index (χ0n) is 17.4. The number of carbonyl (C=O) groups is 1. The summed E-state index contributed by atoms with van der Waals surface area (Å²) < 4.78 is 38.9. The highest BCUT2D eigenvalue weighted by Crippen LogP contribution is 2.31. The van der Waals surface area contributed by atoms with E-state index in [-0.39, 0.29) is 17.2 Å². The average molecular weight is 465 g/mol. The van der Waals surface area contributed by atoms with Gasteiger partial charge in [-0.05, 0) is 48.0 Å². The van der Waals surface area contributed by atoms with E-state index in [2.05, 4.69) is 20.2 Å². The fraction of sp³-hybridized carbons (Fsp3) is 0.130. The number of benzene rings is 3. The molecular formula is C23H20N4O5S. The summed E-state index contributed by atoms with van der Waals surface area (Å²) in [4.78, 5) is 12.8. The molecule has 0 saturated carbocycles. The van der Waals surface area contributed by atoms with Crippen molar-refractivity contribution in [2.24, 2.45) is 0 Å². The lowest BCUT2D eigenvalue weighted by atomic mass is 10.1. The second kappa shape index (κ2) is 8.47. The maximum Gasteiger partial charge on any atom is 0.261 e. The number of aromatic amines is 1. The minimum absolute atomic E-state index is 0.116. The molecule has 1 aliphatic rings. The van der Waals surface area contributed by atoms with E-state index < -0.39 is 10.0 Å². The van der Waals surface area contributed by atoms with Gasteiger partial charge in [-0.3, -0.25) is 14.6 Å². The minimum atomic E-state index is -3.74. The van der Waals surface area contributed by atoms with Crippen LogP contribution in [0.4, 0.5) is 11.5 Å². The zero-order chi connectivity index (χ0) is 22.8. The molecular weight excluding hydrogens is 444 g/mol. The van der Waals surface area contributed by atoms with E-state index in [4.69, 9.17) is 9.47 Å². The van der Waals surface area contributed by atoms with Crippen molar-refractivity contribution in [3.8, 4) is 11.5 Å². The van der Waals surface area contributed by atoms with E-state index in [1.165, 1.54) is 12.1 Å². The summed E-state index contributed by atoms with van der Waals surface area (Å²) in [5.41, 5.74) is 1.79. The second-order valence-electron chi connectivity index (χ2n) is 7.45. The molecule has 0 unspecified atom stereocenters.